The van der Waals surface area contributed by atoms with E-state index in [0.29, 0.717) is 49.8 Å². The third-order valence-corrected chi connectivity index (χ3v) is 10.5. The minimum absolute atomic E-state index is 0.0248. The molecule has 1 N–H and O–H groups in total. The first kappa shape index (κ1) is 34.6. The lowest BCUT2D eigenvalue weighted by atomic mass is 10.0. The molecule has 1 saturated carbocycles. The maximum Gasteiger partial charge on any atom is 0.387 e. The van der Waals surface area contributed by atoms with Crippen molar-refractivity contribution >= 4 is 55.5 Å². The molecule has 3 aromatic rings. The number of hydrogen-bond donors (Lipinski definition) is 1. The summed E-state index contributed by atoms with van der Waals surface area (Å²) in [5.74, 6) is -0.541. The molecule has 3 heterocycles. The number of benzene rings is 1. The Balaban J connectivity index is 1.31. The van der Waals surface area contributed by atoms with E-state index in [1.54, 1.807) is 0 Å². The maximum absolute atomic E-state index is 13.4. The molecule has 2 aliphatic rings. The first-order valence-electron chi connectivity index (χ1n) is 14.7. The first-order chi connectivity index (χ1) is 22.1. The van der Waals surface area contributed by atoms with Gasteiger partial charge in [-0.3, -0.25) is 14.6 Å². The average Bonchev–Trinajstić information content (AvgIpc) is 3.73. The van der Waals surface area contributed by atoms with Gasteiger partial charge in [0.15, 0.2) is 11.5 Å². The van der Waals surface area contributed by atoms with Crippen LogP contribution in [0.25, 0.3) is 0 Å². The average molecular weight is 721 g/mol. The Bertz CT molecular complexity index is 1580. The van der Waals surface area contributed by atoms with Crippen LogP contribution >= 0.6 is 34.5 Å². The molecular weight excluding hydrogens is 687 g/mol. The van der Waals surface area contributed by atoms with E-state index >= 15 is 0 Å². The predicted molar refractivity (Wildman–Crippen MR) is 171 cm³/mol. The Morgan fingerprint density at radius 2 is 1.85 bits per heavy atom. The molecule has 5 rings (SSSR count). The lowest BCUT2D eigenvalue weighted by Crippen LogP contribution is -2.37. The first-order valence-corrected chi connectivity index (χ1v) is 17.9. The number of hydrogen-bond acceptors (Lipinski definition) is 10. The summed E-state index contributed by atoms with van der Waals surface area (Å²) in [7, 11) is -3.65. The summed E-state index contributed by atoms with van der Waals surface area (Å²) in [5.41, 5.74) is 0.878. The molecule has 2 fully saturated rings. The number of esters is 1. The van der Waals surface area contributed by atoms with Crippen LogP contribution in [0.15, 0.2) is 42.7 Å². The Labute approximate surface area is 279 Å². The number of carbonyl (C=O) groups excluding carboxylic acids is 1. The zero-order valence-electron chi connectivity index (χ0n) is 24.6. The normalized spacial score (nSPS) is 16.3. The summed E-state index contributed by atoms with van der Waals surface area (Å²) in [4.78, 5) is 19.7. The van der Waals surface area contributed by atoms with Gasteiger partial charge in [0.1, 0.15) is 16.0 Å². The minimum atomic E-state index is -3.65. The van der Waals surface area contributed by atoms with Crippen LogP contribution in [0.1, 0.15) is 46.2 Å². The van der Waals surface area contributed by atoms with Gasteiger partial charge in [-0.15, -0.1) is 11.3 Å². The van der Waals surface area contributed by atoms with Gasteiger partial charge in [-0.25, -0.2) is 13.2 Å². The van der Waals surface area contributed by atoms with Crippen molar-refractivity contribution < 1.29 is 40.9 Å². The van der Waals surface area contributed by atoms with E-state index in [1.807, 2.05) is 0 Å². The molecule has 1 aliphatic heterocycles. The van der Waals surface area contributed by atoms with Gasteiger partial charge in [0, 0.05) is 31.9 Å². The Kier molecular flexibility index (Phi) is 12.0. The molecule has 250 valence electrons. The van der Waals surface area contributed by atoms with Gasteiger partial charge in [-0.2, -0.15) is 8.78 Å². The van der Waals surface area contributed by atoms with Crippen LogP contribution in [0.5, 0.6) is 11.5 Å². The van der Waals surface area contributed by atoms with Crippen molar-refractivity contribution in [1.82, 2.24) is 9.88 Å². The molecule has 1 atom stereocenters. The summed E-state index contributed by atoms with van der Waals surface area (Å²) < 4.78 is 75.9. The van der Waals surface area contributed by atoms with Crippen LogP contribution in [-0.4, -0.2) is 76.1 Å². The highest BCUT2D eigenvalue weighted by Gasteiger charge is 2.27. The number of morpholine rings is 1. The second-order valence-corrected chi connectivity index (χ2v) is 14.7. The number of sulfonamides is 1. The topological polar surface area (TPSA) is 116 Å². The molecule has 46 heavy (non-hydrogen) atoms. The summed E-state index contributed by atoms with van der Waals surface area (Å²) in [5, 5.41) is 0.759. The molecule has 0 spiro atoms. The van der Waals surface area contributed by atoms with Crippen molar-refractivity contribution in [2.75, 3.05) is 49.9 Å². The number of ether oxygens (including phenoxy) is 4. The van der Waals surface area contributed by atoms with Gasteiger partial charge in [0.25, 0.3) is 0 Å². The zero-order chi connectivity index (χ0) is 32.7. The predicted octanol–water partition coefficient (Wildman–Crippen LogP) is 6.44. The van der Waals surface area contributed by atoms with E-state index in [-0.39, 0.29) is 43.6 Å². The minimum Gasteiger partial charge on any atom is -0.489 e. The molecule has 0 bridgehead atoms. The molecule has 1 saturated heterocycles. The van der Waals surface area contributed by atoms with Gasteiger partial charge < -0.3 is 18.9 Å². The Morgan fingerprint density at radius 1 is 1.11 bits per heavy atom. The van der Waals surface area contributed by atoms with E-state index < -0.39 is 28.7 Å². The quantitative estimate of drug-likeness (QED) is 0.167. The summed E-state index contributed by atoms with van der Waals surface area (Å²) in [6, 6.07) is 7.27. The van der Waals surface area contributed by atoms with Crippen molar-refractivity contribution in [1.29, 1.82) is 0 Å². The van der Waals surface area contributed by atoms with Gasteiger partial charge in [0.2, 0.25) is 10.0 Å². The Hall–Kier alpha value is -2.75. The number of nitrogens with zero attached hydrogens (tertiary/aromatic N) is 2. The van der Waals surface area contributed by atoms with Crippen molar-refractivity contribution in [2.24, 2.45) is 5.92 Å². The molecule has 16 heteroatoms. The van der Waals surface area contributed by atoms with Gasteiger partial charge in [-0.1, -0.05) is 29.3 Å². The van der Waals surface area contributed by atoms with Crippen LogP contribution in [-0.2, 0) is 25.9 Å². The summed E-state index contributed by atoms with van der Waals surface area (Å²) in [6.07, 6.45) is 4.27. The van der Waals surface area contributed by atoms with Crippen LogP contribution in [0.2, 0.25) is 10.0 Å². The summed E-state index contributed by atoms with van der Waals surface area (Å²) in [6.45, 7) is 0.720. The number of rotatable bonds is 16. The maximum atomic E-state index is 13.4. The molecule has 2 aromatic heterocycles. The second-order valence-electron chi connectivity index (χ2n) is 10.9. The molecule has 0 radical (unpaired) electrons. The molecule has 0 amide bonds. The lowest BCUT2D eigenvalue weighted by molar-refractivity contribution is -0.0515. The van der Waals surface area contributed by atoms with Crippen molar-refractivity contribution in [3.8, 4) is 11.5 Å². The highest BCUT2D eigenvalue weighted by Crippen LogP contribution is 2.38. The molecule has 10 nitrogen and oxygen atoms in total. The number of halogens is 4. The monoisotopic (exact) mass is 719 g/mol. The number of anilines is 1. The fourth-order valence-corrected chi connectivity index (χ4v) is 7.46. The van der Waals surface area contributed by atoms with Crippen molar-refractivity contribution in [3.63, 3.8) is 0 Å². The number of nitrogens with one attached hydrogen (secondary N) is 1. The van der Waals surface area contributed by atoms with E-state index in [0.717, 1.165) is 37.3 Å². The van der Waals surface area contributed by atoms with E-state index in [2.05, 4.69) is 19.3 Å². The lowest BCUT2D eigenvalue weighted by Gasteiger charge is -2.26. The third kappa shape index (κ3) is 10.1. The van der Waals surface area contributed by atoms with E-state index in [9.17, 15) is 22.0 Å². The highest BCUT2D eigenvalue weighted by atomic mass is 35.5. The largest absolute Gasteiger partial charge is 0.489 e. The van der Waals surface area contributed by atoms with Gasteiger partial charge in [-0.05, 0) is 67.1 Å². The van der Waals surface area contributed by atoms with Crippen LogP contribution in [0.3, 0.4) is 0 Å². The zero-order valence-corrected chi connectivity index (χ0v) is 27.8. The van der Waals surface area contributed by atoms with E-state index in [4.69, 9.17) is 37.4 Å². The molecule has 1 aliphatic carbocycles. The van der Waals surface area contributed by atoms with Gasteiger partial charge in [0.05, 0.1) is 35.6 Å². The fourth-order valence-electron chi connectivity index (χ4n) is 4.77. The van der Waals surface area contributed by atoms with E-state index in [1.165, 1.54) is 42.7 Å². The number of alkyl halides is 2. The molecular formula is C30H33Cl2F2N3O7S2. The van der Waals surface area contributed by atoms with Crippen molar-refractivity contribution in [2.45, 2.75) is 38.4 Å². The second kappa shape index (κ2) is 15.9. The van der Waals surface area contributed by atoms with Crippen LogP contribution in [0, 0.1) is 5.92 Å². The van der Waals surface area contributed by atoms with Gasteiger partial charge >= 0.3 is 12.6 Å². The summed E-state index contributed by atoms with van der Waals surface area (Å²) >= 11 is 13.7. The smallest absolute Gasteiger partial charge is 0.387 e. The number of thiophene rings is 1. The SMILES string of the molecule is O=C(O[C@@H](Cc1c(Cl)cncc1Cl)c1ccc(OC(F)F)c(OCC2CC2)c1)c1ccc(NS(=O)(=O)CCCN2CCOCC2)s1. The Morgan fingerprint density at radius 3 is 2.54 bits per heavy atom. The van der Waals surface area contributed by atoms with Crippen molar-refractivity contribution in [3.05, 3.63) is 68.8 Å². The highest BCUT2D eigenvalue weighted by molar-refractivity contribution is 7.92. The number of carbonyl (C=O) groups is 1. The standard InChI is InChI=1S/C30H33Cl2F2N3O7S2/c31-22-16-35-17-23(32)21(22)15-25(20-4-5-24(44-30(33)34)26(14-20)42-18-19-2-3-19)43-29(38)27-6-7-28(45-27)36-46(39,40)13-1-8-37-9-11-41-12-10-37/h4-7,14,16-17,19,25,30,36H,1-3,8-13,15,18H2/t25-/m0/s1. The third-order valence-electron chi connectivity index (χ3n) is 7.37. The molecule has 1 aromatic carbocycles. The van der Waals surface area contributed by atoms with Crippen LogP contribution in [0.4, 0.5) is 13.8 Å². The van der Waals surface area contributed by atoms with Crippen LogP contribution < -0.4 is 14.2 Å². The molecule has 0 unspecified atom stereocenters. The number of aromatic nitrogens is 1. The fraction of sp³-hybridized carbons (Fsp3) is 0.467. The number of pyridine rings is 1.